The summed E-state index contributed by atoms with van der Waals surface area (Å²) in [5.41, 5.74) is 2.08. The smallest absolute Gasteiger partial charge is 0.109 e. The van der Waals surface area contributed by atoms with E-state index in [1.165, 1.54) is 6.42 Å². The molecule has 2 aromatic rings. The molecule has 1 aromatic carbocycles. The van der Waals surface area contributed by atoms with Crippen LogP contribution >= 0.6 is 0 Å². The molecule has 22 heavy (non-hydrogen) atoms. The van der Waals surface area contributed by atoms with Crippen molar-refractivity contribution >= 4 is 11.0 Å². The zero-order valence-corrected chi connectivity index (χ0v) is 13.3. The van der Waals surface area contributed by atoms with Gasteiger partial charge in [0, 0.05) is 13.0 Å². The van der Waals surface area contributed by atoms with E-state index in [1.54, 1.807) is 0 Å². The minimum absolute atomic E-state index is 0.606. The number of aromatic nitrogens is 2. The first kappa shape index (κ1) is 16.9. The molecule has 122 valence electrons. The first-order chi connectivity index (χ1) is 10.9. The third kappa shape index (κ3) is 6.13. The Morgan fingerprint density at radius 3 is 2.32 bits per heavy atom. The summed E-state index contributed by atoms with van der Waals surface area (Å²) in [6, 6.07) is 8.03. The maximum absolute atomic E-state index is 5.55. The van der Waals surface area contributed by atoms with Crippen molar-refractivity contribution in [3.63, 3.8) is 0 Å². The molecule has 1 aromatic heterocycles. The number of para-hydroxylation sites is 2. The molecule has 0 fully saturated rings. The minimum Gasteiger partial charge on any atom is -0.379 e. The zero-order valence-electron chi connectivity index (χ0n) is 13.3. The lowest BCUT2D eigenvalue weighted by molar-refractivity contribution is 0.0144. The Hall–Kier alpha value is -1.43. The predicted molar refractivity (Wildman–Crippen MR) is 87.2 cm³/mol. The Labute approximate surface area is 132 Å². The number of fused-ring (bicyclic) bond motifs is 1. The molecular formula is C17H26N2O3. The number of H-pyrrole nitrogens is 1. The van der Waals surface area contributed by atoms with Crippen LogP contribution in [0, 0.1) is 0 Å². The van der Waals surface area contributed by atoms with Gasteiger partial charge >= 0.3 is 0 Å². The van der Waals surface area contributed by atoms with Crippen molar-refractivity contribution in [1.82, 2.24) is 9.97 Å². The van der Waals surface area contributed by atoms with Crippen LogP contribution < -0.4 is 0 Å². The van der Waals surface area contributed by atoms with E-state index >= 15 is 0 Å². The number of hydrogen-bond acceptors (Lipinski definition) is 4. The number of aromatic amines is 1. The molecule has 0 spiro atoms. The normalized spacial score (nSPS) is 11.3. The molecule has 0 unspecified atom stereocenters. The van der Waals surface area contributed by atoms with Crippen LogP contribution in [0.15, 0.2) is 24.3 Å². The SMILES string of the molecule is CCCCOCCOCCOCCc1nc2ccccc2[nH]1. The molecule has 0 saturated heterocycles. The molecule has 0 atom stereocenters. The zero-order chi connectivity index (χ0) is 15.5. The molecule has 2 rings (SSSR count). The second kappa shape index (κ2) is 10.3. The van der Waals surface area contributed by atoms with E-state index in [4.69, 9.17) is 14.2 Å². The van der Waals surface area contributed by atoms with Crippen LogP contribution in [0.2, 0.25) is 0 Å². The molecule has 0 radical (unpaired) electrons. The number of imidazole rings is 1. The van der Waals surface area contributed by atoms with Crippen molar-refractivity contribution in [1.29, 1.82) is 0 Å². The average Bonchev–Trinajstić information content (AvgIpc) is 2.95. The molecule has 0 aliphatic heterocycles. The Kier molecular flexibility index (Phi) is 7.94. The summed E-state index contributed by atoms with van der Waals surface area (Å²) in [6.45, 7) is 6.15. The van der Waals surface area contributed by atoms with E-state index in [0.29, 0.717) is 33.0 Å². The minimum atomic E-state index is 0.606. The fourth-order valence-corrected chi connectivity index (χ4v) is 2.08. The lowest BCUT2D eigenvalue weighted by Crippen LogP contribution is -2.11. The average molecular weight is 306 g/mol. The van der Waals surface area contributed by atoms with E-state index in [2.05, 4.69) is 16.9 Å². The van der Waals surface area contributed by atoms with Crippen LogP contribution in [0.3, 0.4) is 0 Å². The molecule has 1 heterocycles. The molecule has 0 amide bonds. The van der Waals surface area contributed by atoms with Gasteiger partial charge in [0.25, 0.3) is 0 Å². The van der Waals surface area contributed by atoms with Crippen LogP contribution in [-0.2, 0) is 20.6 Å². The number of hydrogen-bond donors (Lipinski definition) is 1. The van der Waals surface area contributed by atoms with Crippen molar-refractivity contribution in [2.45, 2.75) is 26.2 Å². The Balaban J connectivity index is 1.46. The van der Waals surface area contributed by atoms with Crippen LogP contribution in [0.4, 0.5) is 0 Å². The third-order valence-corrected chi connectivity index (χ3v) is 3.31. The Morgan fingerprint density at radius 2 is 1.59 bits per heavy atom. The van der Waals surface area contributed by atoms with Crippen LogP contribution in [0.1, 0.15) is 25.6 Å². The van der Waals surface area contributed by atoms with Crippen LogP contribution in [0.25, 0.3) is 11.0 Å². The van der Waals surface area contributed by atoms with Gasteiger partial charge in [-0.25, -0.2) is 4.98 Å². The lowest BCUT2D eigenvalue weighted by Gasteiger charge is -2.06. The second-order valence-electron chi connectivity index (χ2n) is 5.14. The highest BCUT2D eigenvalue weighted by atomic mass is 16.5. The number of rotatable bonds is 12. The molecule has 5 heteroatoms. The number of unbranched alkanes of at least 4 members (excludes halogenated alkanes) is 1. The molecule has 1 N–H and O–H groups in total. The summed E-state index contributed by atoms with van der Waals surface area (Å²) in [6.07, 6.45) is 3.07. The van der Waals surface area contributed by atoms with E-state index in [1.807, 2.05) is 24.3 Å². The Morgan fingerprint density at radius 1 is 0.909 bits per heavy atom. The maximum atomic E-state index is 5.55. The first-order valence-corrected chi connectivity index (χ1v) is 8.07. The number of ether oxygens (including phenoxy) is 3. The summed E-state index contributed by atoms with van der Waals surface area (Å²) in [7, 11) is 0. The molecule has 0 aliphatic carbocycles. The maximum Gasteiger partial charge on any atom is 0.109 e. The predicted octanol–water partition coefficient (Wildman–Crippen LogP) is 2.96. The highest BCUT2D eigenvalue weighted by Gasteiger charge is 2.01. The Bertz CT molecular complexity index is 494. The summed E-state index contributed by atoms with van der Waals surface area (Å²) < 4.78 is 16.4. The van der Waals surface area contributed by atoms with Crippen molar-refractivity contribution in [2.24, 2.45) is 0 Å². The number of nitrogens with zero attached hydrogens (tertiary/aromatic N) is 1. The molecule has 5 nitrogen and oxygen atoms in total. The summed E-state index contributed by atoms with van der Waals surface area (Å²) in [5.74, 6) is 0.964. The van der Waals surface area contributed by atoms with Gasteiger partial charge in [0.15, 0.2) is 0 Å². The topological polar surface area (TPSA) is 56.4 Å². The summed E-state index contributed by atoms with van der Waals surface area (Å²) in [4.78, 5) is 7.80. The van der Waals surface area contributed by atoms with E-state index in [9.17, 15) is 0 Å². The quantitative estimate of drug-likeness (QED) is 0.613. The van der Waals surface area contributed by atoms with E-state index in [0.717, 1.165) is 36.3 Å². The lowest BCUT2D eigenvalue weighted by atomic mass is 10.3. The number of benzene rings is 1. The highest BCUT2D eigenvalue weighted by molar-refractivity contribution is 5.74. The first-order valence-electron chi connectivity index (χ1n) is 8.07. The highest BCUT2D eigenvalue weighted by Crippen LogP contribution is 2.10. The van der Waals surface area contributed by atoms with Gasteiger partial charge in [-0.1, -0.05) is 25.5 Å². The van der Waals surface area contributed by atoms with Crippen molar-refractivity contribution in [2.75, 3.05) is 39.6 Å². The van der Waals surface area contributed by atoms with Gasteiger partial charge in [-0.3, -0.25) is 0 Å². The second-order valence-corrected chi connectivity index (χ2v) is 5.14. The van der Waals surface area contributed by atoms with Gasteiger partial charge < -0.3 is 19.2 Å². The van der Waals surface area contributed by atoms with Gasteiger partial charge in [-0.05, 0) is 18.6 Å². The molecule has 0 bridgehead atoms. The van der Waals surface area contributed by atoms with E-state index in [-0.39, 0.29) is 0 Å². The summed E-state index contributed by atoms with van der Waals surface area (Å²) >= 11 is 0. The van der Waals surface area contributed by atoms with Gasteiger partial charge in [-0.15, -0.1) is 0 Å². The van der Waals surface area contributed by atoms with E-state index < -0.39 is 0 Å². The van der Waals surface area contributed by atoms with Crippen LogP contribution in [-0.4, -0.2) is 49.6 Å². The summed E-state index contributed by atoms with van der Waals surface area (Å²) in [5, 5.41) is 0. The third-order valence-electron chi connectivity index (χ3n) is 3.31. The molecule has 0 aliphatic rings. The van der Waals surface area contributed by atoms with Gasteiger partial charge in [-0.2, -0.15) is 0 Å². The number of nitrogens with one attached hydrogen (secondary N) is 1. The largest absolute Gasteiger partial charge is 0.379 e. The standard InChI is InChI=1S/C17H26N2O3/c1-2-3-9-20-11-13-22-14-12-21-10-8-17-18-15-6-4-5-7-16(15)19-17/h4-7H,2-3,8-14H2,1H3,(H,18,19). The van der Waals surface area contributed by atoms with Crippen molar-refractivity contribution in [3.05, 3.63) is 30.1 Å². The molecular weight excluding hydrogens is 280 g/mol. The monoisotopic (exact) mass is 306 g/mol. The van der Waals surface area contributed by atoms with Gasteiger partial charge in [0.05, 0.1) is 44.1 Å². The van der Waals surface area contributed by atoms with Crippen LogP contribution in [0.5, 0.6) is 0 Å². The fraction of sp³-hybridized carbons (Fsp3) is 0.588. The van der Waals surface area contributed by atoms with Gasteiger partial charge in [0.1, 0.15) is 5.82 Å². The molecule has 0 saturated carbocycles. The van der Waals surface area contributed by atoms with Crippen molar-refractivity contribution in [3.8, 4) is 0 Å². The van der Waals surface area contributed by atoms with Crippen molar-refractivity contribution < 1.29 is 14.2 Å². The van der Waals surface area contributed by atoms with Gasteiger partial charge in [0.2, 0.25) is 0 Å². The fourth-order valence-electron chi connectivity index (χ4n) is 2.08.